The van der Waals surface area contributed by atoms with Gasteiger partial charge in [0.15, 0.2) is 0 Å². The maximum absolute atomic E-state index is 12.1. The fourth-order valence-electron chi connectivity index (χ4n) is 3.28. The van der Waals surface area contributed by atoms with Crippen LogP contribution in [0.2, 0.25) is 0 Å². The van der Waals surface area contributed by atoms with Gasteiger partial charge in [-0.15, -0.1) is 0 Å². The second kappa shape index (κ2) is 8.82. The third kappa shape index (κ3) is 4.93. The highest BCUT2D eigenvalue weighted by atomic mass is 16.2. The number of carbonyl (C=O) groups excluding carboxylic acids is 1. The Morgan fingerprint density at radius 1 is 0.880 bits per heavy atom. The summed E-state index contributed by atoms with van der Waals surface area (Å²) in [5.74, 6) is 0.288. The van der Waals surface area contributed by atoms with Crippen LogP contribution in [-0.4, -0.2) is 41.9 Å². The van der Waals surface area contributed by atoms with Crippen molar-refractivity contribution in [3.8, 4) is 11.1 Å². The summed E-state index contributed by atoms with van der Waals surface area (Å²) in [5, 5.41) is 0. The van der Waals surface area contributed by atoms with Crippen LogP contribution >= 0.6 is 0 Å². The first-order valence-electron chi connectivity index (χ1n) is 9.20. The number of hydrogen-bond acceptors (Lipinski definition) is 2. The summed E-state index contributed by atoms with van der Waals surface area (Å²) < 4.78 is 0. The first-order chi connectivity index (χ1) is 12.3. The Kier molecular flexibility index (Phi) is 6.24. The zero-order valence-electron chi connectivity index (χ0n) is 14.9. The van der Waals surface area contributed by atoms with Gasteiger partial charge in [0, 0.05) is 39.1 Å². The number of rotatable bonds is 6. The molecule has 25 heavy (non-hydrogen) atoms. The summed E-state index contributed by atoms with van der Waals surface area (Å²) in [4.78, 5) is 16.5. The zero-order chi connectivity index (χ0) is 17.5. The number of benzene rings is 2. The molecule has 2 aromatic rings. The van der Waals surface area contributed by atoms with Gasteiger partial charge < -0.3 is 4.90 Å². The van der Waals surface area contributed by atoms with Crippen LogP contribution < -0.4 is 0 Å². The van der Waals surface area contributed by atoms with Crippen LogP contribution in [0.5, 0.6) is 0 Å². The molecule has 1 amide bonds. The molecular weight excluding hydrogens is 308 g/mol. The van der Waals surface area contributed by atoms with Crippen molar-refractivity contribution in [3.63, 3.8) is 0 Å². The van der Waals surface area contributed by atoms with Crippen molar-refractivity contribution in [2.24, 2.45) is 0 Å². The smallest absolute Gasteiger partial charge is 0.222 e. The standard InChI is InChI=1S/C22H27N2O/c1-2-3-9-22(25)24-16-14-23(15-17-24)18-19-10-12-21(13-11-19)20-7-5-4-6-8-20/h4-8,10-13H,1-3,9,14-18H2. The monoisotopic (exact) mass is 335 g/mol. The van der Waals surface area contributed by atoms with E-state index in [2.05, 4.69) is 60.4 Å². The van der Waals surface area contributed by atoms with Gasteiger partial charge in [0.1, 0.15) is 0 Å². The van der Waals surface area contributed by atoms with Gasteiger partial charge in [-0.1, -0.05) is 67.9 Å². The maximum atomic E-state index is 12.1. The second-order valence-electron chi connectivity index (χ2n) is 6.68. The Labute approximate surface area is 151 Å². The van der Waals surface area contributed by atoms with E-state index < -0.39 is 0 Å². The molecule has 2 aromatic carbocycles. The molecule has 1 radical (unpaired) electrons. The lowest BCUT2D eigenvalue weighted by atomic mass is 10.0. The van der Waals surface area contributed by atoms with Crippen LogP contribution in [0, 0.1) is 6.92 Å². The van der Waals surface area contributed by atoms with Crippen LogP contribution in [0.15, 0.2) is 54.6 Å². The van der Waals surface area contributed by atoms with Gasteiger partial charge >= 0.3 is 0 Å². The first kappa shape index (κ1) is 17.7. The number of hydrogen-bond donors (Lipinski definition) is 0. The molecule has 3 nitrogen and oxygen atoms in total. The number of unbranched alkanes of at least 4 members (excludes halogenated alkanes) is 1. The number of nitrogens with zero attached hydrogens (tertiary/aromatic N) is 2. The molecule has 3 heteroatoms. The Morgan fingerprint density at radius 2 is 1.52 bits per heavy atom. The lowest BCUT2D eigenvalue weighted by Crippen LogP contribution is -2.48. The summed E-state index contributed by atoms with van der Waals surface area (Å²) in [6, 6.07) is 19.3. The Hall–Kier alpha value is -2.13. The Morgan fingerprint density at radius 3 is 2.16 bits per heavy atom. The SMILES string of the molecule is [CH2]CCCC(=O)N1CCN(Cc2ccc(-c3ccccc3)cc2)CC1. The van der Waals surface area contributed by atoms with Crippen LogP contribution in [0.1, 0.15) is 24.8 Å². The Bertz CT molecular complexity index is 658. The summed E-state index contributed by atoms with van der Waals surface area (Å²) >= 11 is 0. The molecule has 3 rings (SSSR count). The maximum Gasteiger partial charge on any atom is 0.222 e. The third-order valence-electron chi connectivity index (χ3n) is 4.83. The van der Waals surface area contributed by atoms with Crippen molar-refractivity contribution in [1.82, 2.24) is 9.80 Å². The summed E-state index contributed by atoms with van der Waals surface area (Å²) in [6.45, 7) is 8.36. The van der Waals surface area contributed by atoms with Crippen LogP contribution in [-0.2, 0) is 11.3 Å². The van der Waals surface area contributed by atoms with Crippen molar-refractivity contribution >= 4 is 5.91 Å². The summed E-state index contributed by atoms with van der Waals surface area (Å²) in [6.07, 6.45) is 2.38. The molecule has 0 saturated carbocycles. The molecule has 0 bridgehead atoms. The highest BCUT2D eigenvalue weighted by Crippen LogP contribution is 2.20. The molecule has 0 spiro atoms. The van der Waals surface area contributed by atoms with Crippen molar-refractivity contribution < 1.29 is 4.79 Å². The number of amides is 1. The molecule has 0 unspecified atom stereocenters. The van der Waals surface area contributed by atoms with Gasteiger partial charge in [-0.3, -0.25) is 9.69 Å². The molecule has 131 valence electrons. The van der Waals surface area contributed by atoms with Crippen LogP contribution in [0.3, 0.4) is 0 Å². The lowest BCUT2D eigenvalue weighted by molar-refractivity contribution is -0.133. The van der Waals surface area contributed by atoms with E-state index in [-0.39, 0.29) is 5.91 Å². The molecular formula is C22H27N2O. The van der Waals surface area contributed by atoms with E-state index >= 15 is 0 Å². The van der Waals surface area contributed by atoms with Crippen molar-refractivity contribution in [2.45, 2.75) is 25.8 Å². The minimum absolute atomic E-state index is 0.288. The van der Waals surface area contributed by atoms with Crippen molar-refractivity contribution in [1.29, 1.82) is 0 Å². The lowest BCUT2D eigenvalue weighted by Gasteiger charge is -2.34. The molecule has 1 heterocycles. The molecule has 0 atom stereocenters. The van der Waals surface area contributed by atoms with Gasteiger partial charge in [-0.25, -0.2) is 0 Å². The van der Waals surface area contributed by atoms with E-state index in [4.69, 9.17) is 0 Å². The van der Waals surface area contributed by atoms with Gasteiger partial charge in [0.05, 0.1) is 0 Å². The Balaban J connectivity index is 1.50. The van der Waals surface area contributed by atoms with Gasteiger partial charge in [-0.05, 0) is 23.1 Å². The van der Waals surface area contributed by atoms with Gasteiger partial charge in [0.25, 0.3) is 0 Å². The molecule has 1 aliphatic heterocycles. The largest absolute Gasteiger partial charge is 0.340 e. The van der Waals surface area contributed by atoms with Crippen molar-refractivity contribution in [3.05, 3.63) is 67.1 Å². The minimum Gasteiger partial charge on any atom is -0.340 e. The fourth-order valence-corrected chi connectivity index (χ4v) is 3.28. The topological polar surface area (TPSA) is 23.6 Å². The molecule has 1 fully saturated rings. The molecule has 1 saturated heterocycles. The summed E-state index contributed by atoms with van der Waals surface area (Å²) in [7, 11) is 0. The van der Waals surface area contributed by atoms with E-state index in [1.807, 2.05) is 11.0 Å². The number of piperazine rings is 1. The van der Waals surface area contributed by atoms with Crippen LogP contribution in [0.25, 0.3) is 11.1 Å². The van der Waals surface area contributed by atoms with E-state index in [0.29, 0.717) is 6.42 Å². The van der Waals surface area contributed by atoms with Gasteiger partial charge in [0.2, 0.25) is 5.91 Å². The van der Waals surface area contributed by atoms with E-state index in [0.717, 1.165) is 45.6 Å². The van der Waals surface area contributed by atoms with E-state index in [9.17, 15) is 4.79 Å². The average Bonchev–Trinajstić information content (AvgIpc) is 2.68. The highest BCUT2D eigenvalue weighted by molar-refractivity contribution is 5.76. The molecule has 0 N–H and O–H groups in total. The quantitative estimate of drug-likeness (QED) is 0.796. The molecule has 0 aliphatic carbocycles. The zero-order valence-corrected chi connectivity index (χ0v) is 14.9. The van der Waals surface area contributed by atoms with Crippen molar-refractivity contribution in [2.75, 3.05) is 26.2 Å². The second-order valence-corrected chi connectivity index (χ2v) is 6.68. The molecule has 1 aliphatic rings. The number of carbonyl (C=O) groups is 1. The third-order valence-corrected chi connectivity index (χ3v) is 4.83. The highest BCUT2D eigenvalue weighted by Gasteiger charge is 2.20. The minimum atomic E-state index is 0.288. The van der Waals surface area contributed by atoms with E-state index in [1.54, 1.807) is 0 Å². The molecule has 0 aromatic heterocycles. The van der Waals surface area contributed by atoms with Crippen LogP contribution in [0.4, 0.5) is 0 Å². The summed E-state index contributed by atoms with van der Waals surface area (Å²) in [5.41, 5.74) is 3.84. The average molecular weight is 335 g/mol. The predicted octanol–water partition coefficient (Wildman–Crippen LogP) is 4.00. The van der Waals surface area contributed by atoms with E-state index in [1.165, 1.54) is 16.7 Å². The predicted molar refractivity (Wildman–Crippen MR) is 103 cm³/mol. The normalized spacial score (nSPS) is 15.3. The fraction of sp³-hybridized carbons (Fsp3) is 0.364. The first-order valence-corrected chi connectivity index (χ1v) is 9.20. The van der Waals surface area contributed by atoms with Gasteiger partial charge in [-0.2, -0.15) is 0 Å².